The van der Waals surface area contributed by atoms with E-state index in [-0.39, 0.29) is 17.3 Å². The molecule has 1 rings (SSSR count). The predicted molar refractivity (Wildman–Crippen MR) is 48.9 cm³/mol. The third-order valence-electron chi connectivity index (χ3n) is 1.61. The van der Waals surface area contributed by atoms with E-state index in [2.05, 4.69) is 0 Å². The van der Waals surface area contributed by atoms with Crippen molar-refractivity contribution in [3.8, 4) is 0 Å². The first kappa shape index (κ1) is 9.95. The summed E-state index contributed by atoms with van der Waals surface area (Å²) in [7, 11) is 0. The van der Waals surface area contributed by atoms with Crippen molar-refractivity contribution in [1.29, 1.82) is 0 Å². The van der Waals surface area contributed by atoms with Gasteiger partial charge in [-0.05, 0) is 18.1 Å². The first-order chi connectivity index (χ1) is 6.15. The number of aliphatic hydroxyl groups is 1. The maximum absolute atomic E-state index is 10.4. The van der Waals surface area contributed by atoms with E-state index >= 15 is 0 Å². The molecule has 0 radical (unpaired) electrons. The van der Waals surface area contributed by atoms with Gasteiger partial charge in [-0.3, -0.25) is 10.1 Å². The van der Waals surface area contributed by atoms with Crippen molar-refractivity contribution in [2.75, 3.05) is 6.61 Å². The molecule has 5 heteroatoms. The topological polar surface area (TPSA) is 63.4 Å². The van der Waals surface area contributed by atoms with E-state index in [4.69, 9.17) is 16.7 Å². The quantitative estimate of drug-likeness (QED) is 0.599. The first-order valence-corrected chi connectivity index (χ1v) is 4.06. The fraction of sp³-hybridized carbons (Fsp3) is 0.250. The Kier molecular flexibility index (Phi) is 3.22. The SMILES string of the molecule is O=[N+]([O-])c1cc(CCO)ccc1Cl. The lowest BCUT2D eigenvalue weighted by Crippen LogP contribution is -1.94. The van der Waals surface area contributed by atoms with E-state index in [0.29, 0.717) is 12.0 Å². The highest BCUT2D eigenvalue weighted by atomic mass is 35.5. The van der Waals surface area contributed by atoms with Gasteiger partial charge >= 0.3 is 0 Å². The van der Waals surface area contributed by atoms with Crippen molar-refractivity contribution in [3.63, 3.8) is 0 Å². The number of nitrogens with zero attached hydrogens (tertiary/aromatic N) is 1. The van der Waals surface area contributed by atoms with E-state index in [1.54, 1.807) is 6.07 Å². The first-order valence-electron chi connectivity index (χ1n) is 3.69. The largest absolute Gasteiger partial charge is 0.396 e. The maximum Gasteiger partial charge on any atom is 0.288 e. The molecule has 0 amide bonds. The average Bonchev–Trinajstić information content (AvgIpc) is 2.08. The monoisotopic (exact) mass is 201 g/mol. The van der Waals surface area contributed by atoms with Crippen LogP contribution in [0.3, 0.4) is 0 Å². The van der Waals surface area contributed by atoms with Crippen molar-refractivity contribution in [2.45, 2.75) is 6.42 Å². The molecule has 1 aromatic rings. The predicted octanol–water partition coefficient (Wildman–Crippen LogP) is 1.78. The fourth-order valence-electron chi connectivity index (χ4n) is 0.983. The molecule has 1 N–H and O–H groups in total. The van der Waals surface area contributed by atoms with Gasteiger partial charge in [-0.15, -0.1) is 0 Å². The number of hydrogen-bond acceptors (Lipinski definition) is 3. The molecule has 0 aliphatic carbocycles. The van der Waals surface area contributed by atoms with Crippen LogP contribution in [0.1, 0.15) is 5.56 Å². The third-order valence-corrected chi connectivity index (χ3v) is 1.93. The second-order valence-corrected chi connectivity index (χ2v) is 2.92. The number of rotatable bonds is 3. The zero-order valence-corrected chi connectivity index (χ0v) is 7.49. The Balaban J connectivity index is 3.04. The molecular weight excluding hydrogens is 194 g/mol. The summed E-state index contributed by atoms with van der Waals surface area (Å²) in [5, 5.41) is 19.2. The summed E-state index contributed by atoms with van der Waals surface area (Å²) in [6.45, 7) is -0.0290. The van der Waals surface area contributed by atoms with E-state index in [1.165, 1.54) is 12.1 Å². The molecule has 0 unspecified atom stereocenters. The highest BCUT2D eigenvalue weighted by Crippen LogP contribution is 2.24. The molecule has 0 saturated heterocycles. The van der Waals surface area contributed by atoms with Crippen molar-refractivity contribution in [2.24, 2.45) is 0 Å². The number of nitro groups is 1. The van der Waals surface area contributed by atoms with Crippen LogP contribution in [0.4, 0.5) is 5.69 Å². The summed E-state index contributed by atoms with van der Waals surface area (Å²) >= 11 is 5.59. The minimum Gasteiger partial charge on any atom is -0.396 e. The van der Waals surface area contributed by atoms with E-state index in [9.17, 15) is 10.1 Å². The van der Waals surface area contributed by atoms with Gasteiger partial charge in [0.15, 0.2) is 0 Å². The third kappa shape index (κ3) is 2.40. The molecule has 0 fully saturated rings. The van der Waals surface area contributed by atoms with Gasteiger partial charge in [-0.25, -0.2) is 0 Å². The molecule has 1 aromatic carbocycles. The van der Waals surface area contributed by atoms with Crippen molar-refractivity contribution >= 4 is 17.3 Å². The molecular formula is C8H8ClNO3. The summed E-state index contributed by atoms with van der Waals surface area (Å²) in [6, 6.07) is 4.49. The van der Waals surface area contributed by atoms with Crippen LogP contribution in [0, 0.1) is 10.1 Å². The summed E-state index contributed by atoms with van der Waals surface area (Å²) in [5.41, 5.74) is 0.589. The van der Waals surface area contributed by atoms with E-state index in [1.807, 2.05) is 0 Å². The molecule has 0 aliphatic heterocycles. The van der Waals surface area contributed by atoms with Gasteiger partial charge in [0.2, 0.25) is 0 Å². The van der Waals surface area contributed by atoms with Crippen LogP contribution in [0.15, 0.2) is 18.2 Å². The second-order valence-electron chi connectivity index (χ2n) is 2.52. The molecule has 4 nitrogen and oxygen atoms in total. The van der Waals surface area contributed by atoms with Crippen molar-refractivity contribution in [3.05, 3.63) is 38.9 Å². The molecule has 70 valence electrons. The lowest BCUT2D eigenvalue weighted by atomic mass is 10.1. The summed E-state index contributed by atoms with van der Waals surface area (Å²) in [6.07, 6.45) is 0.401. The van der Waals surface area contributed by atoms with Gasteiger partial charge < -0.3 is 5.11 Å². The van der Waals surface area contributed by atoms with Crippen LogP contribution in [0.5, 0.6) is 0 Å². The highest BCUT2D eigenvalue weighted by Gasteiger charge is 2.11. The standard InChI is InChI=1S/C8H8ClNO3/c9-7-2-1-6(3-4-11)5-8(7)10(12)13/h1-2,5,11H,3-4H2. The summed E-state index contributed by atoms with van der Waals surface area (Å²) in [5.74, 6) is 0. The second kappa shape index (κ2) is 4.20. The van der Waals surface area contributed by atoms with Gasteiger partial charge in [-0.1, -0.05) is 17.7 Å². The molecule has 0 heterocycles. The number of benzene rings is 1. The number of hydrogen-bond donors (Lipinski definition) is 1. The van der Waals surface area contributed by atoms with Gasteiger partial charge in [0.25, 0.3) is 5.69 Å². The Bertz CT molecular complexity index is 327. The van der Waals surface area contributed by atoms with E-state index < -0.39 is 4.92 Å². The number of halogens is 1. The van der Waals surface area contributed by atoms with Gasteiger partial charge in [0.1, 0.15) is 5.02 Å². The van der Waals surface area contributed by atoms with Crippen LogP contribution in [-0.4, -0.2) is 16.6 Å². The molecule has 0 bridgehead atoms. The van der Waals surface area contributed by atoms with Gasteiger partial charge in [0, 0.05) is 12.7 Å². The van der Waals surface area contributed by atoms with Crippen LogP contribution in [0.25, 0.3) is 0 Å². The molecule has 0 atom stereocenters. The lowest BCUT2D eigenvalue weighted by molar-refractivity contribution is -0.384. The van der Waals surface area contributed by atoms with Gasteiger partial charge in [-0.2, -0.15) is 0 Å². The van der Waals surface area contributed by atoms with Crippen LogP contribution in [-0.2, 0) is 6.42 Å². The lowest BCUT2D eigenvalue weighted by Gasteiger charge is -1.99. The normalized spacial score (nSPS) is 10.0. The number of aliphatic hydroxyl groups excluding tert-OH is 1. The highest BCUT2D eigenvalue weighted by molar-refractivity contribution is 6.32. The molecule has 13 heavy (non-hydrogen) atoms. The number of nitro benzene ring substituents is 1. The van der Waals surface area contributed by atoms with Crippen molar-refractivity contribution < 1.29 is 10.0 Å². The average molecular weight is 202 g/mol. The smallest absolute Gasteiger partial charge is 0.288 e. The molecule has 0 aliphatic rings. The Hall–Kier alpha value is -1.13. The Morgan fingerprint density at radius 2 is 2.23 bits per heavy atom. The molecule has 0 aromatic heterocycles. The Labute approximate surface area is 79.9 Å². The van der Waals surface area contributed by atoms with Crippen LogP contribution >= 0.6 is 11.6 Å². The molecule has 0 saturated carbocycles. The fourth-order valence-corrected chi connectivity index (χ4v) is 1.17. The van der Waals surface area contributed by atoms with Gasteiger partial charge in [0.05, 0.1) is 4.92 Å². The molecule has 0 spiro atoms. The zero-order valence-electron chi connectivity index (χ0n) is 6.74. The zero-order chi connectivity index (χ0) is 9.84. The minimum absolute atomic E-state index is 0.0290. The Morgan fingerprint density at radius 3 is 2.77 bits per heavy atom. The summed E-state index contributed by atoms with van der Waals surface area (Å²) in [4.78, 5) is 9.90. The summed E-state index contributed by atoms with van der Waals surface area (Å²) < 4.78 is 0. The Morgan fingerprint density at radius 1 is 1.54 bits per heavy atom. The van der Waals surface area contributed by atoms with Crippen LogP contribution < -0.4 is 0 Å². The van der Waals surface area contributed by atoms with Crippen molar-refractivity contribution in [1.82, 2.24) is 0 Å². The van der Waals surface area contributed by atoms with E-state index in [0.717, 1.165) is 0 Å². The maximum atomic E-state index is 10.4. The minimum atomic E-state index is -0.538. The van der Waals surface area contributed by atoms with Crippen LogP contribution in [0.2, 0.25) is 5.02 Å².